The van der Waals surface area contributed by atoms with Gasteiger partial charge in [-0.3, -0.25) is 14.4 Å². The number of methoxy groups -OCH3 is 1. The van der Waals surface area contributed by atoms with Crippen LogP contribution in [0.4, 0.5) is 0 Å². The third-order valence-corrected chi connectivity index (χ3v) is 19.2. The largest absolute Gasteiger partial charge is 0.469 e. The first kappa shape index (κ1) is 53.9. The van der Waals surface area contributed by atoms with E-state index in [4.69, 9.17) is 33.2 Å². The number of aliphatic hydroxyl groups is 12. The fourth-order valence-corrected chi connectivity index (χ4v) is 15.0. The SMILES string of the molecule is COC(=O)[C@@]1(C)CC[C@]2(C(=O)O[C@@H]3O[C@H](CO)[C@@H](O)[C@H](O)[C@H]3O)CC[C@]3(C)C(=CC(=O)C4[C@@]5(C)C[C@H](O)[C@H](O[C@@H]6OC[C@@H](O[C@@H]7O[C@H](CO)[C@@H](O)[C@H](O)[C@H]7O)[C@H](O)[C@H]6O)[C@@](C)(CO)C5CC[C@]43C)[C@@H]2C1. The van der Waals surface area contributed by atoms with E-state index in [0.717, 1.165) is 0 Å². The summed E-state index contributed by atoms with van der Waals surface area (Å²) in [5.41, 5.74) is -5.62. The Labute approximate surface area is 405 Å². The molecule has 7 fully saturated rings. The molecule has 3 aliphatic heterocycles. The Morgan fingerprint density at radius 3 is 1.87 bits per heavy atom. The maximum Gasteiger partial charge on any atom is 0.315 e. The molecule has 0 bridgehead atoms. The van der Waals surface area contributed by atoms with Crippen LogP contribution in [0, 0.1) is 50.2 Å². The van der Waals surface area contributed by atoms with Crippen molar-refractivity contribution in [1.29, 1.82) is 0 Å². The smallest absolute Gasteiger partial charge is 0.315 e. The van der Waals surface area contributed by atoms with Gasteiger partial charge in [-0.15, -0.1) is 0 Å². The molecule has 2 unspecified atom stereocenters. The zero-order valence-corrected chi connectivity index (χ0v) is 40.5. The summed E-state index contributed by atoms with van der Waals surface area (Å²) in [4.78, 5) is 43.6. The zero-order valence-electron chi connectivity index (χ0n) is 40.5. The zero-order chi connectivity index (χ0) is 51.4. The van der Waals surface area contributed by atoms with Gasteiger partial charge in [0.05, 0.1) is 56.6 Å². The monoisotopic (exact) mass is 1000 g/mol. The average Bonchev–Trinajstić information content (AvgIpc) is 3.32. The summed E-state index contributed by atoms with van der Waals surface area (Å²) in [7, 11) is 1.28. The molecule has 0 aromatic carbocycles. The van der Waals surface area contributed by atoms with Crippen molar-refractivity contribution >= 4 is 17.7 Å². The van der Waals surface area contributed by atoms with E-state index in [1.54, 1.807) is 19.9 Å². The Hall–Kier alpha value is -2.33. The molecule has 0 aromatic rings. The Kier molecular flexibility index (Phi) is 14.7. The number of rotatable bonds is 10. The normalized spacial score (nSPS) is 53.6. The van der Waals surface area contributed by atoms with Gasteiger partial charge in [0, 0.05) is 11.3 Å². The van der Waals surface area contributed by atoms with Crippen LogP contribution in [-0.4, -0.2) is 211 Å². The van der Waals surface area contributed by atoms with Crippen LogP contribution in [0.1, 0.15) is 86.0 Å². The first-order chi connectivity index (χ1) is 32.8. The second-order valence-electron chi connectivity index (χ2n) is 22.9. The van der Waals surface area contributed by atoms with Crippen LogP contribution in [0.3, 0.4) is 0 Å². The minimum absolute atomic E-state index is 0.0105. The predicted octanol–water partition coefficient (Wildman–Crippen LogP) is -2.95. The third kappa shape index (κ3) is 8.05. The highest BCUT2D eigenvalue weighted by Gasteiger charge is 2.73. The molecule has 0 spiro atoms. The number of allylic oxidation sites excluding steroid dienone is 2. The molecule has 4 saturated carbocycles. The number of carbonyl (C=O) groups excluding carboxylic acids is 3. The Balaban J connectivity index is 1.06. The first-order valence-corrected chi connectivity index (χ1v) is 24.5. The van der Waals surface area contributed by atoms with Gasteiger partial charge in [-0.2, -0.15) is 0 Å². The molecule has 0 radical (unpaired) electrons. The van der Waals surface area contributed by atoms with Gasteiger partial charge < -0.3 is 94.4 Å². The number of esters is 2. The van der Waals surface area contributed by atoms with Gasteiger partial charge >= 0.3 is 11.9 Å². The molecule has 0 amide bonds. The lowest BCUT2D eigenvalue weighted by atomic mass is 9.33. The van der Waals surface area contributed by atoms with Crippen molar-refractivity contribution in [2.45, 2.75) is 184 Å². The summed E-state index contributed by atoms with van der Waals surface area (Å²) in [6.07, 6.45) is -22.0. The Bertz CT molecular complexity index is 2000. The van der Waals surface area contributed by atoms with Crippen LogP contribution in [-0.2, 0) is 47.5 Å². The minimum Gasteiger partial charge on any atom is -0.469 e. The lowest BCUT2D eigenvalue weighted by Crippen LogP contribution is -2.71. The molecule has 70 heavy (non-hydrogen) atoms. The van der Waals surface area contributed by atoms with Crippen LogP contribution in [0.5, 0.6) is 0 Å². The molecule has 5 aliphatic carbocycles. The molecule has 8 aliphatic rings. The lowest BCUT2D eigenvalue weighted by molar-refractivity contribution is -0.357. The van der Waals surface area contributed by atoms with Crippen LogP contribution in [0.25, 0.3) is 0 Å². The van der Waals surface area contributed by atoms with Crippen LogP contribution in [0.2, 0.25) is 0 Å². The highest BCUT2D eigenvalue weighted by Crippen LogP contribution is 2.75. The Morgan fingerprint density at radius 1 is 0.686 bits per heavy atom. The van der Waals surface area contributed by atoms with E-state index in [-0.39, 0.29) is 37.9 Å². The molecule has 8 rings (SSSR count). The molecular weight excluding hydrogens is 929 g/mol. The van der Waals surface area contributed by atoms with Gasteiger partial charge in [-0.05, 0) is 92.4 Å². The average molecular weight is 1000 g/mol. The quantitative estimate of drug-likeness (QED) is 0.0769. The van der Waals surface area contributed by atoms with E-state index in [9.17, 15) is 70.9 Å². The summed E-state index contributed by atoms with van der Waals surface area (Å²) in [5, 5.41) is 128. The van der Waals surface area contributed by atoms with E-state index >= 15 is 4.79 Å². The summed E-state index contributed by atoms with van der Waals surface area (Å²) in [6.45, 7) is 7.13. The lowest BCUT2D eigenvalue weighted by Gasteiger charge is -2.71. The number of ketones is 1. The molecule has 25 atom stereocenters. The predicted molar refractivity (Wildman–Crippen MR) is 234 cm³/mol. The van der Waals surface area contributed by atoms with Crippen molar-refractivity contribution in [2.24, 2.45) is 50.2 Å². The molecule has 3 saturated heterocycles. The molecule has 22 heteroatoms. The van der Waals surface area contributed by atoms with Crippen molar-refractivity contribution in [3.05, 3.63) is 11.6 Å². The first-order valence-electron chi connectivity index (χ1n) is 24.5. The standard InChI is InChI=1S/C48H74O22/c1-43(41(62)64-6)9-11-48(42(63)70-40-35(61)32(58)29(55)25(17-50)67-40)12-10-46(4)20(21(48)14-43)13-22(52)36-44(2)15-23(53)37(45(3,19-51)27(44)7-8-47(36,46)5)69-38-33(59)30(56)26(18-65-38)68-39-34(60)31(57)28(54)24(16-49)66-39/h13,21,23-40,49-51,53-61H,7-12,14-19H2,1-6H3/t21-,23-,24+,25+,26+,27?,28+,29+,30-,31-,32-,33+,34+,35+,36?,37-,38-,39-,40-,43-,44-,45-,46+,47+,48-/m0/s1. The van der Waals surface area contributed by atoms with Gasteiger partial charge in [0.15, 0.2) is 18.4 Å². The molecule has 12 N–H and O–H groups in total. The molecular formula is C48H74O22. The van der Waals surface area contributed by atoms with Crippen molar-refractivity contribution in [1.82, 2.24) is 0 Å². The topological polar surface area (TPSA) is 359 Å². The van der Waals surface area contributed by atoms with Crippen LogP contribution in [0.15, 0.2) is 11.6 Å². The minimum atomic E-state index is -1.85. The van der Waals surface area contributed by atoms with E-state index < -0.39 is 187 Å². The van der Waals surface area contributed by atoms with E-state index in [1.807, 2.05) is 13.8 Å². The number of hydrogen-bond donors (Lipinski definition) is 12. The van der Waals surface area contributed by atoms with Crippen molar-refractivity contribution < 1.29 is 109 Å². The van der Waals surface area contributed by atoms with Gasteiger partial charge in [-0.1, -0.05) is 33.3 Å². The number of fused-ring (bicyclic) bond motifs is 7. The van der Waals surface area contributed by atoms with Crippen molar-refractivity contribution in [3.63, 3.8) is 0 Å². The number of carbonyl (C=O) groups is 3. The highest BCUT2D eigenvalue weighted by molar-refractivity contribution is 5.96. The third-order valence-electron chi connectivity index (χ3n) is 19.2. The Morgan fingerprint density at radius 2 is 1.27 bits per heavy atom. The maximum atomic E-state index is 15.3. The molecule has 398 valence electrons. The summed E-state index contributed by atoms with van der Waals surface area (Å²) >= 11 is 0. The van der Waals surface area contributed by atoms with Crippen LogP contribution < -0.4 is 0 Å². The second-order valence-corrected chi connectivity index (χ2v) is 22.9. The van der Waals surface area contributed by atoms with Gasteiger partial charge in [-0.25, -0.2) is 0 Å². The van der Waals surface area contributed by atoms with Gasteiger partial charge in [0.25, 0.3) is 0 Å². The number of aliphatic hydroxyl groups excluding tert-OH is 12. The van der Waals surface area contributed by atoms with E-state index in [0.29, 0.717) is 24.8 Å². The highest BCUT2D eigenvalue weighted by atomic mass is 16.7. The van der Waals surface area contributed by atoms with Crippen molar-refractivity contribution in [3.8, 4) is 0 Å². The van der Waals surface area contributed by atoms with Gasteiger partial charge in [0.2, 0.25) is 6.29 Å². The molecule has 3 heterocycles. The number of ether oxygens (including phenoxy) is 7. The van der Waals surface area contributed by atoms with E-state index in [2.05, 4.69) is 6.92 Å². The fraction of sp³-hybridized carbons (Fsp3) is 0.896. The number of hydrogen-bond acceptors (Lipinski definition) is 22. The summed E-state index contributed by atoms with van der Waals surface area (Å²) in [6, 6.07) is 0. The summed E-state index contributed by atoms with van der Waals surface area (Å²) < 4.78 is 40.0. The van der Waals surface area contributed by atoms with Crippen molar-refractivity contribution in [2.75, 3.05) is 33.5 Å². The van der Waals surface area contributed by atoms with E-state index in [1.165, 1.54) is 7.11 Å². The maximum absolute atomic E-state index is 15.3. The molecule has 22 nitrogen and oxygen atoms in total. The molecule has 0 aromatic heterocycles. The summed E-state index contributed by atoms with van der Waals surface area (Å²) in [5.74, 6) is -3.52. The van der Waals surface area contributed by atoms with Crippen LogP contribution >= 0.6 is 0 Å². The fourth-order valence-electron chi connectivity index (χ4n) is 15.0. The van der Waals surface area contributed by atoms with Gasteiger partial charge in [0.1, 0.15) is 67.1 Å². The second kappa shape index (κ2) is 19.1.